The highest BCUT2D eigenvalue weighted by atomic mass is 79.9. The van der Waals surface area contributed by atoms with Crippen LogP contribution < -0.4 is 24.4 Å². The number of esters is 1. The lowest BCUT2D eigenvalue weighted by Gasteiger charge is -2.24. The lowest BCUT2D eigenvalue weighted by molar-refractivity contribution is -0.136. The average molecular weight is 674 g/mol. The number of rotatable bonds is 7. The van der Waals surface area contributed by atoms with E-state index >= 15 is 0 Å². The van der Waals surface area contributed by atoms with E-state index in [1.54, 1.807) is 62.6 Å². The first-order valence-electron chi connectivity index (χ1n) is 12.3. The molecule has 0 aliphatic carbocycles. The molecule has 0 bridgehead atoms. The lowest BCUT2D eigenvalue weighted by atomic mass is 9.96. The van der Waals surface area contributed by atoms with E-state index in [-0.39, 0.29) is 5.56 Å². The van der Waals surface area contributed by atoms with E-state index < -0.39 is 12.0 Å². The fraction of sp³-hybridized carbons (Fsp3) is 0.167. The Morgan fingerprint density at radius 2 is 1.73 bits per heavy atom. The number of fused-ring (bicyclic) bond motifs is 1. The van der Waals surface area contributed by atoms with Crippen molar-refractivity contribution in [2.45, 2.75) is 19.6 Å². The van der Waals surface area contributed by atoms with Gasteiger partial charge >= 0.3 is 5.97 Å². The van der Waals surface area contributed by atoms with Crippen molar-refractivity contribution in [1.29, 1.82) is 0 Å². The van der Waals surface area contributed by atoms with Gasteiger partial charge in [0.1, 0.15) is 6.61 Å². The van der Waals surface area contributed by atoms with Crippen LogP contribution in [0.4, 0.5) is 0 Å². The molecule has 0 radical (unpaired) electrons. The number of allylic oxidation sites excluding steroid dienone is 1. The smallest absolute Gasteiger partial charge is 0.338 e. The van der Waals surface area contributed by atoms with Crippen molar-refractivity contribution >= 4 is 62.5 Å². The zero-order valence-electron chi connectivity index (χ0n) is 22.1. The molecule has 0 saturated heterocycles. The summed E-state index contributed by atoms with van der Waals surface area (Å²) in [6, 6.07) is 17.3. The van der Waals surface area contributed by atoms with Crippen LogP contribution in [-0.2, 0) is 16.1 Å². The van der Waals surface area contributed by atoms with E-state index in [9.17, 15) is 9.59 Å². The molecule has 1 aliphatic rings. The molecule has 11 heteroatoms. The molecule has 0 amide bonds. The van der Waals surface area contributed by atoms with Gasteiger partial charge in [0.25, 0.3) is 5.56 Å². The number of carbonyl (C=O) groups is 1. The zero-order valence-corrected chi connectivity index (χ0v) is 26.0. The summed E-state index contributed by atoms with van der Waals surface area (Å²) in [5.74, 6) is 0.473. The molecule has 0 fully saturated rings. The maximum atomic E-state index is 13.8. The highest BCUT2D eigenvalue weighted by Gasteiger charge is 2.33. The van der Waals surface area contributed by atoms with Crippen molar-refractivity contribution in [3.8, 4) is 11.5 Å². The number of hydrogen-bond acceptors (Lipinski definition) is 7. The molecule has 0 unspecified atom stereocenters. The third kappa shape index (κ3) is 5.99. The standard InChI is InChI=1S/C30H23BrCl2N2O5S/c1-16-25(29(37)39-3)26(19-6-10-21(33)11-7-19)35-28(36)24(41-30(35)34-16)14-18-12-22(31)27(23(13-18)38-2)40-15-17-4-8-20(32)9-5-17/h4-14,26H,15H2,1-3H3/b24-14-/t26-/m1/s1. The van der Waals surface area contributed by atoms with Crippen LogP contribution in [-0.4, -0.2) is 24.8 Å². The topological polar surface area (TPSA) is 79.1 Å². The second kappa shape index (κ2) is 12.2. The predicted molar refractivity (Wildman–Crippen MR) is 164 cm³/mol. The van der Waals surface area contributed by atoms with Crippen LogP contribution in [0.1, 0.15) is 29.7 Å². The lowest BCUT2D eigenvalue weighted by Crippen LogP contribution is -2.39. The minimum Gasteiger partial charge on any atom is -0.493 e. The van der Waals surface area contributed by atoms with Gasteiger partial charge in [-0.1, -0.05) is 58.8 Å². The molecule has 210 valence electrons. The second-order valence-corrected chi connectivity index (χ2v) is 11.8. The molecule has 7 nitrogen and oxygen atoms in total. The fourth-order valence-electron chi connectivity index (χ4n) is 4.50. The summed E-state index contributed by atoms with van der Waals surface area (Å²) in [4.78, 5) is 31.7. The van der Waals surface area contributed by atoms with E-state index in [1.165, 1.54) is 23.0 Å². The van der Waals surface area contributed by atoms with Gasteiger partial charge in [0.05, 0.1) is 40.5 Å². The minimum atomic E-state index is -0.719. The van der Waals surface area contributed by atoms with Crippen molar-refractivity contribution in [3.63, 3.8) is 0 Å². The average Bonchev–Trinajstić information content (AvgIpc) is 3.26. The highest BCUT2D eigenvalue weighted by molar-refractivity contribution is 9.10. The third-order valence-corrected chi connectivity index (χ3v) is 8.53. The number of ether oxygens (including phenoxy) is 3. The molecular weight excluding hydrogens is 651 g/mol. The Bertz CT molecular complexity index is 1850. The zero-order chi connectivity index (χ0) is 29.3. The SMILES string of the molecule is COC(=O)C1=C(C)N=c2s/c(=C\c3cc(Br)c(OCc4ccc(Cl)cc4)c(OC)c3)c(=O)n2[C@@H]1c1ccc(Cl)cc1. The summed E-state index contributed by atoms with van der Waals surface area (Å²) in [5.41, 5.74) is 2.86. The minimum absolute atomic E-state index is 0.291. The van der Waals surface area contributed by atoms with Gasteiger partial charge in [0.2, 0.25) is 0 Å². The molecular formula is C30H23BrCl2N2O5S. The number of halogens is 3. The molecule has 1 atom stereocenters. The predicted octanol–water partition coefficient (Wildman–Crippen LogP) is 6.07. The number of nitrogens with zero attached hydrogens (tertiary/aromatic N) is 2. The van der Waals surface area contributed by atoms with Gasteiger partial charge in [0.15, 0.2) is 16.3 Å². The van der Waals surface area contributed by atoms with Crippen molar-refractivity contribution < 1.29 is 19.0 Å². The number of methoxy groups -OCH3 is 2. The van der Waals surface area contributed by atoms with Crippen LogP contribution in [0.15, 0.2) is 86.2 Å². The monoisotopic (exact) mass is 672 g/mol. The van der Waals surface area contributed by atoms with Crippen molar-refractivity contribution in [3.05, 3.63) is 123 Å². The summed E-state index contributed by atoms with van der Waals surface area (Å²) in [6.07, 6.45) is 1.76. The quantitative estimate of drug-likeness (QED) is 0.223. The van der Waals surface area contributed by atoms with E-state index in [2.05, 4.69) is 20.9 Å². The Balaban J connectivity index is 1.57. The van der Waals surface area contributed by atoms with E-state index in [0.29, 0.717) is 64.4 Å². The number of thiazole rings is 1. The molecule has 0 saturated carbocycles. The van der Waals surface area contributed by atoms with Crippen LogP contribution in [0.3, 0.4) is 0 Å². The van der Waals surface area contributed by atoms with Gasteiger partial charge in [-0.25, -0.2) is 9.79 Å². The van der Waals surface area contributed by atoms with Crippen LogP contribution in [0.5, 0.6) is 11.5 Å². The van der Waals surface area contributed by atoms with Crippen molar-refractivity contribution in [2.75, 3.05) is 14.2 Å². The largest absolute Gasteiger partial charge is 0.493 e. The summed E-state index contributed by atoms with van der Waals surface area (Å²) >= 11 is 16.9. The number of hydrogen-bond donors (Lipinski definition) is 0. The van der Waals surface area contributed by atoms with Gasteiger partial charge in [0, 0.05) is 10.0 Å². The molecule has 1 aromatic heterocycles. The molecule has 0 spiro atoms. The Morgan fingerprint density at radius 3 is 2.37 bits per heavy atom. The Hall–Kier alpha value is -3.37. The Kier molecular flexibility index (Phi) is 8.70. The third-order valence-electron chi connectivity index (χ3n) is 6.46. The number of aromatic nitrogens is 1. The summed E-state index contributed by atoms with van der Waals surface area (Å²) in [6.45, 7) is 2.05. The van der Waals surface area contributed by atoms with Crippen LogP contribution in [0, 0.1) is 0 Å². The maximum Gasteiger partial charge on any atom is 0.338 e. The highest BCUT2D eigenvalue weighted by Crippen LogP contribution is 2.37. The van der Waals surface area contributed by atoms with E-state index in [4.69, 9.17) is 37.4 Å². The first-order chi connectivity index (χ1) is 19.7. The van der Waals surface area contributed by atoms with Gasteiger partial charge in [-0.05, 0) is 82.0 Å². The first kappa shape index (κ1) is 29.1. The van der Waals surface area contributed by atoms with Crippen molar-refractivity contribution in [2.24, 2.45) is 4.99 Å². The van der Waals surface area contributed by atoms with E-state index in [1.807, 2.05) is 18.2 Å². The Morgan fingerprint density at radius 1 is 1.07 bits per heavy atom. The second-order valence-electron chi connectivity index (χ2n) is 9.07. The number of carbonyl (C=O) groups excluding carboxylic acids is 1. The number of benzene rings is 3. The maximum absolute atomic E-state index is 13.8. The Labute approximate surface area is 258 Å². The van der Waals surface area contributed by atoms with E-state index in [0.717, 1.165) is 5.56 Å². The van der Waals surface area contributed by atoms with Crippen molar-refractivity contribution in [1.82, 2.24) is 4.57 Å². The molecule has 41 heavy (non-hydrogen) atoms. The van der Waals surface area contributed by atoms with Crippen LogP contribution in [0.2, 0.25) is 10.0 Å². The van der Waals surface area contributed by atoms with Gasteiger partial charge < -0.3 is 14.2 Å². The fourth-order valence-corrected chi connectivity index (χ4v) is 6.38. The summed E-state index contributed by atoms with van der Waals surface area (Å²) in [7, 11) is 2.86. The van der Waals surface area contributed by atoms with Crippen LogP contribution >= 0.6 is 50.5 Å². The molecule has 5 rings (SSSR count). The molecule has 0 N–H and O–H groups in total. The van der Waals surface area contributed by atoms with Crippen LogP contribution in [0.25, 0.3) is 6.08 Å². The normalized spacial score (nSPS) is 14.9. The molecule has 4 aromatic rings. The first-order valence-corrected chi connectivity index (χ1v) is 14.7. The van der Waals surface area contributed by atoms with Gasteiger partial charge in [-0.15, -0.1) is 0 Å². The summed E-state index contributed by atoms with van der Waals surface area (Å²) in [5, 5.41) is 1.19. The summed E-state index contributed by atoms with van der Waals surface area (Å²) < 4.78 is 19.3. The van der Waals surface area contributed by atoms with Gasteiger partial charge in [-0.3, -0.25) is 9.36 Å². The van der Waals surface area contributed by atoms with Gasteiger partial charge in [-0.2, -0.15) is 0 Å². The molecule has 3 aromatic carbocycles. The molecule has 2 heterocycles. The molecule has 1 aliphatic heterocycles.